The van der Waals surface area contributed by atoms with Gasteiger partial charge in [0.15, 0.2) is 0 Å². The van der Waals surface area contributed by atoms with Gasteiger partial charge in [-0.05, 0) is 0 Å². The summed E-state index contributed by atoms with van der Waals surface area (Å²) in [5, 5.41) is 8.68. The molecule has 1 fully saturated rings. The Bertz CT molecular complexity index is 170. The zero-order valence-corrected chi connectivity index (χ0v) is 7.12. The van der Waals surface area contributed by atoms with E-state index in [1.54, 1.807) is 5.94 Å². The van der Waals surface area contributed by atoms with E-state index in [9.17, 15) is 4.79 Å². The van der Waals surface area contributed by atoms with Crippen molar-refractivity contribution in [3.63, 3.8) is 0 Å². The Kier molecular flexibility index (Phi) is 3.80. The van der Waals surface area contributed by atoms with Crippen molar-refractivity contribution in [2.75, 3.05) is 39.3 Å². The first-order valence-electron chi connectivity index (χ1n) is 4.26. The average molecular weight is 171 g/mol. The molecule has 68 valence electrons. The highest BCUT2D eigenvalue weighted by Gasteiger charge is 2.16. The lowest BCUT2D eigenvalue weighted by Crippen LogP contribution is -3.15. The van der Waals surface area contributed by atoms with Crippen LogP contribution in [0.15, 0.2) is 6.20 Å². The Balaban J connectivity index is 2.24. The predicted molar refractivity (Wildman–Crippen MR) is 44.5 cm³/mol. The van der Waals surface area contributed by atoms with Crippen LogP contribution in [-0.2, 0) is 4.79 Å². The molecule has 2 N–H and O–H groups in total. The fraction of sp³-hybridized carbons (Fsp3) is 0.750. The van der Waals surface area contributed by atoms with Crippen molar-refractivity contribution in [3.8, 4) is 0 Å². The Morgan fingerprint density at radius 3 is 2.67 bits per heavy atom. The van der Waals surface area contributed by atoms with E-state index in [2.05, 4.69) is 0 Å². The van der Waals surface area contributed by atoms with Crippen molar-refractivity contribution in [2.24, 2.45) is 0 Å². The summed E-state index contributed by atoms with van der Waals surface area (Å²) in [6.07, 6.45) is 1.47. The molecule has 0 atom stereocenters. The molecule has 0 spiro atoms. The molecule has 1 aliphatic rings. The van der Waals surface area contributed by atoms with Gasteiger partial charge in [-0.2, -0.15) is 0 Å². The van der Waals surface area contributed by atoms with Crippen molar-refractivity contribution >= 4 is 5.94 Å². The van der Waals surface area contributed by atoms with Crippen molar-refractivity contribution < 1.29 is 14.8 Å². The summed E-state index contributed by atoms with van der Waals surface area (Å²) in [5.74, 6) is 1.78. The molecule has 0 saturated carbocycles. The molecular formula is C8H15N2O2+. The van der Waals surface area contributed by atoms with Crippen molar-refractivity contribution in [2.45, 2.75) is 0 Å². The van der Waals surface area contributed by atoms with Gasteiger partial charge in [-0.25, -0.2) is 4.79 Å². The minimum atomic E-state index is 0.249. The zero-order valence-electron chi connectivity index (χ0n) is 7.12. The van der Waals surface area contributed by atoms with Crippen LogP contribution in [0.5, 0.6) is 0 Å². The van der Waals surface area contributed by atoms with Gasteiger partial charge in [-0.1, -0.05) is 0 Å². The molecule has 1 rings (SSSR count). The minimum absolute atomic E-state index is 0.249. The highest BCUT2D eigenvalue weighted by molar-refractivity contribution is 5.44. The van der Waals surface area contributed by atoms with E-state index in [0.29, 0.717) is 0 Å². The lowest BCUT2D eigenvalue weighted by molar-refractivity contribution is -0.904. The number of piperazine rings is 1. The minimum Gasteiger partial charge on any atom is -0.391 e. The number of nitrogens with one attached hydrogen (secondary N) is 1. The Hall–Kier alpha value is -0.830. The van der Waals surface area contributed by atoms with Gasteiger partial charge >= 0.3 is 0 Å². The first-order chi connectivity index (χ1) is 5.86. The number of rotatable bonds is 3. The summed E-state index contributed by atoms with van der Waals surface area (Å²) in [6, 6.07) is 0. The molecule has 0 radical (unpaired) electrons. The highest BCUT2D eigenvalue weighted by Crippen LogP contribution is 1.86. The molecule has 0 aromatic rings. The molecule has 1 aliphatic heterocycles. The van der Waals surface area contributed by atoms with Crippen LogP contribution in [0.1, 0.15) is 0 Å². The number of carbonyl (C=O) groups excluding carboxylic acids is 1. The third kappa shape index (κ3) is 2.66. The second-order valence-corrected chi connectivity index (χ2v) is 3.01. The van der Waals surface area contributed by atoms with Gasteiger partial charge in [-0.3, -0.25) is 0 Å². The third-order valence-corrected chi connectivity index (χ3v) is 2.21. The van der Waals surface area contributed by atoms with Gasteiger partial charge in [0.2, 0.25) is 0 Å². The summed E-state index contributed by atoms with van der Waals surface area (Å²) < 4.78 is 0. The van der Waals surface area contributed by atoms with E-state index in [0.717, 1.165) is 32.7 Å². The van der Waals surface area contributed by atoms with Crippen molar-refractivity contribution in [1.29, 1.82) is 0 Å². The fourth-order valence-corrected chi connectivity index (χ4v) is 1.45. The lowest BCUT2D eigenvalue weighted by Gasteiger charge is -2.30. The quantitative estimate of drug-likeness (QED) is 0.462. The van der Waals surface area contributed by atoms with E-state index < -0.39 is 0 Å². The molecule has 0 bridgehead atoms. The number of quaternary nitrogens is 1. The Morgan fingerprint density at radius 2 is 2.17 bits per heavy atom. The summed E-state index contributed by atoms with van der Waals surface area (Å²) in [4.78, 5) is 13.4. The molecule has 12 heavy (non-hydrogen) atoms. The zero-order chi connectivity index (χ0) is 8.81. The average Bonchev–Trinajstić information content (AvgIpc) is 2.09. The van der Waals surface area contributed by atoms with Crippen LogP contribution in [0.25, 0.3) is 0 Å². The molecule has 4 nitrogen and oxygen atoms in total. The molecule has 0 amide bonds. The van der Waals surface area contributed by atoms with Gasteiger partial charge in [0.25, 0.3) is 0 Å². The van der Waals surface area contributed by atoms with E-state index in [1.165, 1.54) is 11.1 Å². The molecule has 0 unspecified atom stereocenters. The highest BCUT2D eigenvalue weighted by atomic mass is 16.3. The van der Waals surface area contributed by atoms with E-state index in [4.69, 9.17) is 5.11 Å². The second kappa shape index (κ2) is 4.93. The third-order valence-electron chi connectivity index (χ3n) is 2.21. The molecule has 0 aromatic heterocycles. The smallest absolute Gasteiger partial charge is 0.142 e. The van der Waals surface area contributed by atoms with Gasteiger partial charge in [-0.15, -0.1) is 0 Å². The van der Waals surface area contributed by atoms with Crippen LogP contribution in [-0.4, -0.2) is 55.3 Å². The van der Waals surface area contributed by atoms with Gasteiger partial charge in [0.05, 0.1) is 39.0 Å². The summed E-state index contributed by atoms with van der Waals surface area (Å²) in [6.45, 7) is 4.85. The molecule has 4 heteroatoms. The SMILES string of the molecule is O=C=CN1CC[NH+](CCO)CC1. The number of nitrogens with zero attached hydrogens (tertiary/aromatic N) is 1. The maximum absolute atomic E-state index is 10.0. The standard InChI is InChI=1S/C8H14N2O2/c11-7-5-9-1-2-10(4-3-9)6-8-12/h5,12H,1-4,6,8H2/p+1. The predicted octanol–water partition coefficient (Wildman–Crippen LogP) is -2.48. The van der Waals surface area contributed by atoms with Crippen LogP contribution >= 0.6 is 0 Å². The van der Waals surface area contributed by atoms with Crippen molar-refractivity contribution in [3.05, 3.63) is 6.20 Å². The number of aliphatic hydroxyl groups excluding tert-OH is 1. The topological polar surface area (TPSA) is 45.0 Å². The normalized spacial score (nSPS) is 18.9. The summed E-state index contributed by atoms with van der Waals surface area (Å²) >= 11 is 0. The van der Waals surface area contributed by atoms with Crippen LogP contribution < -0.4 is 4.90 Å². The molecule has 0 aromatic carbocycles. The number of hydrogen-bond acceptors (Lipinski definition) is 3. The molecule has 0 aliphatic carbocycles. The van der Waals surface area contributed by atoms with Crippen LogP contribution in [0.3, 0.4) is 0 Å². The summed E-state index contributed by atoms with van der Waals surface area (Å²) in [5.41, 5.74) is 0. The van der Waals surface area contributed by atoms with Crippen LogP contribution in [0, 0.1) is 0 Å². The summed E-state index contributed by atoms with van der Waals surface area (Å²) in [7, 11) is 0. The first kappa shape index (κ1) is 9.26. The maximum Gasteiger partial charge on any atom is 0.142 e. The van der Waals surface area contributed by atoms with Gasteiger partial charge in [0.1, 0.15) is 12.5 Å². The molecule has 1 saturated heterocycles. The Labute approximate surface area is 72.1 Å². The maximum atomic E-state index is 10.0. The van der Waals surface area contributed by atoms with Crippen molar-refractivity contribution in [1.82, 2.24) is 4.90 Å². The molecule has 1 heterocycles. The Morgan fingerprint density at radius 1 is 1.50 bits per heavy atom. The van der Waals surface area contributed by atoms with Crippen LogP contribution in [0.2, 0.25) is 0 Å². The lowest BCUT2D eigenvalue weighted by atomic mass is 10.3. The van der Waals surface area contributed by atoms with E-state index >= 15 is 0 Å². The largest absolute Gasteiger partial charge is 0.391 e. The number of hydrogen-bond donors (Lipinski definition) is 2. The van der Waals surface area contributed by atoms with E-state index in [-0.39, 0.29) is 6.61 Å². The monoisotopic (exact) mass is 171 g/mol. The molecular weight excluding hydrogens is 156 g/mol. The second-order valence-electron chi connectivity index (χ2n) is 3.01. The van der Waals surface area contributed by atoms with Crippen LogP contribution in [0.4, 0.5) is 0 Å². The van der Waals surface area contributed by atoms with Gasteiger partial charge < -0.3 is 14.9 Å². The van der Waals surface area contributed by atoms with E-state index in [1.807, 2.05) is 4.90 Å². The fourth-order valence-electron chi connectivity index (χ4n) is 1.45. The number of aliphatic hydroxyl groups is 1. The first-order valence-corrected chi connectivity index (χ1v) is 4.26. The van der Waals surface area contributed by atoms with Gasteiger partial charge in [0, 0.05) is 0 Å².